The van der Waals surface area contributed by atoms with Crippen LogP contribution in [0, 0.1) is 11.3 Å². The molecule has 1 aromatic heterocycles. The number of aromatic amines is 1. The van der Waals surface area contributed by atoms with Crippen LogP contribution in [0.25, 0.3) is 10.9 Å². The summed E-state index contributed by atoms with van der Waals surface area (Å²) in [6, 6.07) is 11.1. The van der Waals surface area contributed by atoms with E-state index in [2.05, 4.69) is 33.8 Å². The van der Waals surface area contributed by atoms with Gasteiger partial charge in [0.05, 0.1) is 27.4 Å². The number of carbonyl (C=O) groups excluding carboxylic acids is 3. The molecule has 1 spiro atoms. The molecule has 4 fully saturated rings. The Kier molecular flexibility index (Phi) is 9.51. The molecule has 0 amide bonds. The lowest BCUT2D eigenvalue weighted by Crippen LogP contribution is -2.82. The van der Waals surface area contributed by atoms with Gasteiger partial charge in [-0.1, -0.05) is 32.0 Å². The second-order valence-electron chi connectivity index (χ2n) is 18.4. The third-order valence-corrected chi connectivity index (χ3v) is 16.2. The molecule has 1 aliphatic carbocycles. The molecule has 10 atom stereocenters. The molecule has 9 rings (SSSR count). The highest BCUT2D eigenvalue weighted by molar-refractivity contribution is 5.95. The Morgan fingerprint density at radius 3 is 2.37 bits per heavy atom. The molecule has 59 heavy (non-hydrogen) atoms. The van der Waals surface area contributed by atoms with Crippen molar-refractivity contribution in [3.8, 4) is 5.75 Å². The van der Waals surface area contributed by atoms with E-state index in [0.29, 0.717) is 75.9 Å². The number of nitrogens with zero attached hydrogens (tertiary/aromatic N) is 3. The van der Waals surface area contributed by atoms with E-state index >= 15 is 4.79 Å². The number of carbonyl (C=O) groups is 3. The van der Waals surface area contributed by atoms with Gasteiger partial charge in [-0.3, -0.25) is 19.4 Å². The van der Waals surface area contributed by atoms with Crippen molar-refractivity contribution in [2.24, 2.45) is 11.3 Å². The number of hydrogen-bond acceptors (Lipinski definition) is 12. The number of hydrogen-bond donors (Lipinski definition) is 3. The van der Waals surface area contributed by atoms with Gasteiger partial charge in [-0.2, -0.15) is 0 Å². The van der Waals surface area contributed by atoms with Crippen LogP contribution in [0.2, 0.25) is 0 Å². The average Bonchev–Trinajstić information content (AvgIpc) is 3.91. The van der Waals surface area contributed by atoms with Crippen molar-refractivity contribution in [2.75, 3.05) is 59.5 Å². The van der Waals surface area contributed by atoms with E-state index in [1.807, 2.05) is 43.1 Å². The van der Waals surface area contributed by atoms with Crippen LogP contribution in [0.15, 0.2) is 36.4 Å². The summed E-state index contributed by atoms with van der Waals surface area (Å²) in [5.74, 6) is -1.32. The van der Waals surface area contributed by atoms with Crippen LogP contribution in [0.4, 0.5) is 5.69 Å². The van der Waals surface area contributed by atoms with Gasteiger partial charge in [-0.25, -0.2) is 4.79 Å². The number of rotatable bonds is 7. The van der Waals surface area contributed by atoms with Gasteiger partial charge in [0, 0.05) is 77.8 Å². The maximum absolute atomic E-state index is 15.3. The number of para-hydroxylation sites is 1. The van der Waals surface area contributed by atoms with Gasteiger partial charge < -0.3 is 39.0 Å². The van der Waals surface area contributed by atoms with Crippen LogP contribution in [0.1, 0.15) is 94.5 Å². The molecule has 6 heterocycles. The van der Waals surface area contributed by atoms with E-state index in [1.54, 1.807) is 7.11 Å². The third kappa shape index (κ3) is 5.13. The summed E-state index contributed by atoms with van der Waals surface area (Å²) in [5, 5.41) is 26.3. The highest BCUT2D eigenvalue weighted by Crippen LogP contribution is 2.69. The first kappa shape index (κ1) is 40.2. The predicted octanol–water partition coefficient (Wildman–Crippen LogP) is 4.56. The molecule has 318 valence electrons. The fraction of sp³-hybridized carbons (Fsp3) is 0.630. The highest BCUT2D eigenvalue weighted by Gasteiger charge is 2.81. The Labute approximate surface area is 346 Å². The van der Waals surface area contributed by atoms with Gasteiger partial charge >= 0.3 is 17.9 Å². The number of aromatic nitrogens is 1. The highest BCUT2D eigenvalue weighted by atomic mass is 16.6. The topological polar surface area (TPSA) is 154 Å². The quantitative estimate of drug-likeness (QED) is 0.227. The van der Waals surface area contributed by atoms with E-state index in [-0.39, 0.29) is 12.0 Å². The number of likely N-dealkylation sites (N-methyl/N-ethyl adjacent to an activating group) is 1. The van der Waals surface area contributed by atoms with E-state index in [1.165, 1.54) is 21.1 Å². The van der Waals surface area contributed by atoms with Crippen LogP contribution < -0.4 is 9.64 Å². The molecule has 3 saturated heterocycles. The largest absolute Gasteiger partial charge is 0.496 e. The van der Waals surface area contributed by atoms with E-state index in [0.717, 1.165) is 52.8 Å². The van der Waals surface area contributed by atoms with Crippen LogP contribution in [-0.4, -0.2) is 127 Å². The zero-order valence-corrected chi connectivity index (χ0v) is 35.6. The predicted molar refractivity (Wildman–Crippen MR) is 220 cm³/mol. The summed E-state index contributed by atoms with van der Waals surface area (Å²) in [5.41, 5.74) is -1.19. The maximum atomic E-state index is 15.3. The molecule has 3 unspecified atom stereocenters. The number of H-pyrrole nitrogens is 1. The van der Waals surface area contributed by atoms with Crippen LogP contribution in [0.5, 0.6) is 5.75 Å². The Balaban J connectivity index is 1.35. The zero-order chi connectivity index (χ0) is 41.9. The molecular weight excluding hydrogens is 753 g/mol. The summed E-state index contributed by atoms with van der Waals surface area (Å²) in [7, 11) is 6.22. The van der Waals surface area contributed by atoms with Crippen molar-refractivity contribution in [2.45, 2.75) is 119 Å². The third-order valence-electron chi connectivity index (χ3n) is 16.2. The Bertz CT molecular complexity index is 2210. The number of fused-ring (bicyclic) bond motifs is 6. The summed E-state index contributed by atoms with van der Waals surface area (Å²) in [6.45, 7) is 8.22. The van der Waals surface area contributed by atoms with Gasteiger partial charge in [0.15, 0.2) is 6.10 Å². The van der Waals surface area contributed by atoms with E-state index < -0.39 is 57.6 Å². The maximum Gasteiger partial charge on any atom is 0.344 e. The molecule has 3 N–H and O–H groups in total. The Hall–Kier alpha value is -4.17. The van der Waals surface area contributed by atoms with Gasteiger partial charge in [0.25, 0.3) is 0 Å². The van der Waals surface area contributed by atoms with Gasteiger partial charge in [-0.05, 0) is 100 Å². The van der Waals surface area contributed by atoms with Crippen molar-refractivity contribution in [3.63, 3.8) is 0 Å². The minimum Gasteiger partial charge on any atom is -0.496 e. The van der Waals surface area contributed by atoms with E-state index in [9.17, 15) is 19.8 Å². The minimum absolute atomic E-state index is 0.0153. The van der Waals surface area contributed by atoms with Crippen LogP contribution >= 0.6 is 0 Å². The zero-order valence-electron chi connectivity index (χ0n) is 35.6. The van der Waals surface area contributed by atoms with Crippen molar-refractivity contribution >= 4 is 34.5 Å². The van der Waals surface area contributed by atoms with Crippen molar-refractivity contribution < 1.29 is 43.5 Å². The first-order valence-electron chi connectivity index (χ1n) is 21.6. The second kappa shape index (κ2) is 13.9. The standard InChI is InChI=1S/C46H60N4O9/c1-8-42-17-12-20-49-22-19-44(37(42)49)31-23-32(35(56-5)24-34(31)48(4)38(44)46(55,41(53)58-7)39(42)59-27(3)51)45(40(52)57-6)25-28-15-18-43(54,9-2)50(26-28)21-16-30-29-13-10-11-14-33(29)47-36(30)45/h10-11,13-14,23-24,28,37-39,47,54-55H,8-9,12,15-22,25-26H2,1-7H3/t28?,37-,38+,39+,42+,43?,44+,45-,46-/m0/s1. The summed E-state index contributed by atoms with van der Waals surface area (Å²) in [6.07, 6.45) is 4.35. The molecule has 6 aliphatic rings. The molecule has 13 heteroatoms. The van der Waals surface area contributed by atoms with Crippen molar-refractivity contribution in [1.82, 2.24) is 14.8 Å². The van der Waals surface area contributed by atoms with Crippen molar-refractivity contribution in [1.29, 1.82) is 0 Å². The first-order valence-corrected chi connectivity index (χ1v) is 21.6. The van der Waals surface area contributed by atoms with Crippen molar-refractivity contribution in [3.05, 3.63) is 58.8 Å². The first-order chi connectivity index (χ1) is 28.2. The number of methoxy groups -OCH3 is 3. The number of ether oxygens (including phenoxy) is 4. The smallest absolute Gasteiger partial charge is 0.344 e. The fourth-order valence-corrected chi connectivity index (χ4v) is 13.9. The minimum atomic E-state index is -2.24. The molecule has 13 nitrogen and oxygen atoms in total. The lowest BCUT2D eigenvalue weighted by molar-refractivity contribution is -0.242. The monoisotopic (exact) mass is 812 g/mol. The second-order valence-corrected chi connectivity index (χ2v) is 18.4. The number of nitrogens with one attached hydrogen (secondary N) is 1. The normalized spacial score (nSPS) is 37.2. The van der Waals surface area contributed by atoms with Crippen LogP contribution in [0.3, 0.4) is 0 Å². The molecular formula is C46H60N4O9. The lowest BCUT2D eigenvalue weighted by atomic mass is 9.46. The summed E-state index contributed by atoms with van der Waals surface area (Å²) in [4.78, 5) is 53.2. The molecule has 5 aliphatic heterocycles. The number of piperidine rings is 2. The molecule has 3 aromatic rings. The molecule has 1 saturated carbocycles. The molecule has 2 aromatic carbocycles. The Morgan fingerprint density at radius 1 is 0.915 bits per heavy atom. The van der Waals surface area contributed by atoms with Crippen LogP contribution in [-0.2, 0) is 45.8 Å². The van der Waals surface area contributed by atoms with E-state index in [4.69, 9.17) is 18.9 Å². The average molecular weight is 813 g/mol. The number of esters is 3. The van der Waals surface area contributed by atoms with Gasteiger partial charge in [0.2, 0.25) is 5.60 Å². The number of anilines is 1. The SMILES string of the molecule is CCC1(O)CCC2CN1CCc1c([nH]c3ccccc13)[C@@](C(=O)OC)(c1cc3c(cc1OC)N(C)[C@H]1[C@@](O)(C(=O)OC)[C@H](OC(C)=O)[C@]4(CC)CCCN5CC[C@]31[C@@H]54)C2. The Morgan fingerprint density at radius 2 is 1.68 bits per heavy atom. The number of aliphatic hydroxyl groups is 2. The fourth-order valence-electron chi connectivity index (χ4n) is 13.9. The number of benzene rings is 2. The molecule has 2 bridgehead atoms. The van der Waals surface area contributed by atoms with Gasteiger partial charge in [0.1, 0.15) is 16.9 Å². The summed E-state index contributed by atoms with van der Waals surface area (Å²) < 4.78 is 24.0. The summed E-state index contributed by atoms with van der Waals surface area (Å²) >= 11 is 0. The molecule has 0 radical (unpaired) electrons. The van der Waals surface area contributed by atoms with Gasteiger partial charge in [-0.15, -0.1) is 0 Å². The lowest BCUT2D eigenvalue weighted by Gasteiger charge is -2.65.